The number of benzene rings is 1. The van der Waals surface area contributed by atoms with Crippen LogP contribution in [0, 0.1) is 5.41 Å². The van der Waals surface area contributed by atoms with Gasteiger partial charge in [-0.25, -0.2) is 0 Å². The third-order valence-corrected chi connectivity index (χ3v) is 4.46. The largest absolute Gasteiger partial charge is 0.461 e. The van der Waals surface area contributed by atoms with Gasteiger partial charge in [0.2, 0.25) is 0 Å². The van der Waals surface area contributed by atoms with Gasteiger partial charge in [-0.2, -0.15) is 0 Å². The molecule has 1 aliphatic carbocycles. The van der Waals surface area contributed by atoms with Gasteiger partial charge in [0, 0.05) is 17.8 Å². The molecule has 1 heterocycles. The summed E-state index contributed by atoms with van der Waals surface area (Å²) < 4.78 is 6.80. The molecule has 1 aromatic heterocycles. The molecule has 1 aliphatic rings. The van der Waals surface area contributed by atoms with Crippen molar-refractivity contribution in [2.24, 2.45) is 5.41 Å². The van der Waals surface area contributed by atoms with Crippen molar-refractivity contribution in [3.05, 3.63) is 70.1 Å². The number of fused-ring (bicyclic) bond motifs is 1. The molecule has 0 aliphatic heterocycles. The number of aromatic nitrogens is 1. The molecular formula is C18H17NO4. The van der Waals surface area contributed by atoms with Crippen molar-refractivity contribution in [1.82, 2.24) is 4.57 Å². The zero-order valence-electron chi connectivity index (χ0n) is 12.9. The van der Waals surface area contributed by atoms with Crippen LogP contribution >= 0.6 is 0 Å². The highest BCUT2D eigenvalue weighted by molar-refractivity contribution is 6.03. The van der Waals surface area contributed by atoms with Crippen molar-refractivity contribution in [2.75, 3.05) is 0 Å². The fraction of sp³-hybridized carbons (Fsp3) is 0.278. The summed E-state index contributed by atoms with van der Waals surface area (Å²) >= 11 is 0. The Labute approximate surface area is 133 Å². The number of hydrogen-bond donors (Lipinski definition) is 0. The first kappa shape index (κ1) is 15.2. The third kappa shape index (κ3) is 2.29. The van der Waals surface area contributed by atoms with Gasteiger partial charge in [-0.1, -0.05) is 30.3 Å². The van der Waals surface area contributed by atoms with E-state index in [0.29, 0.717) is 17.6 Å². The minimum atomic E-state index is -0.935. The van der Waals surface area contributed by atoms with E-state index >= 15 is 0 Å². The Kier molecular flexibility index (Phi) is 3.64. The van der Waals surface area contributed by atoms with Crippen molar-refractivity contribution in [2.45, 2.75) is 26.0 Å². The van der Waals surface area contributed by atoms with Gasteiger partial charge in [0.15, 0.2) is 5.78 Å². The summed E-state index contributed by atoms with van der Waals surface area (Å²) in [6.07, 6.45) is 0.888. The number of ether oxygens (including phenoxy) is 1. The number of pyridine rings is 1. The van der Waals surface area contributed by atoms with Crippen LogP contribution < -0.4 is 5.56 Å². The van der Waals surface area contributed by atoms with E-state index in [2.05, 4.69) is 0 Å². The highest BCUT2D eigenvalue weighted by Gasteiger charge is 2.50. The molecule has 2 aromatic rings. The van der Waals surface area contributed by atoms with Crippen LogP contribution in [-0.4, -0.2) is 22.9 Å². The first-order valence-corrected chi connectivity index (χ1v) is 7.38. The van der Waals surface area contributed by atoms with Gasteiger partial charge < -0.3 is 9.30 Å². The molecule has 5 nitrogen and oxygen atoms in total. The molecule has 0 spiro atoms. The zero-order chi connectivity index (χ0) is 16.6. The molecule has 0 saturated carbocycles. The van der Waals surface area contributed by atoms with E-state index in [1.165, 1.54) is 10.6 Å². The number of Topliss-reactive ketones (excluding diaryl/α,β-unsaturated/α-hetero) is 1. The summed E-state index contributed by atoms with van der Waals surface area (Å²) in [7, 11) is 0. The van der Waals surface area contributed by atoms with Gasteiger partial charge >= 0.3 is 0 Å². The van der Waals surface area contributed by atoms with Crippen LogP contribution in [0.15, 0.2) is 53.5 Å². The topological polar surface area (TPSA) is 65.4 Å². The van der Waals surface area contributed by atoms with Crippen molar-refractivity contribution < 1.29 is 14.3 Å². The lowest BCUT2D eigenvalue weighted by Gasteiger charge is -2.42. The highest BCUT2D eigenvalue weighted by Crippen LogP contribution is 2.43. The summed E-state index contributed by atoms with van der Waals surface area (Å²) in [5.41, 5.74) is 0.104. The first-order chi connectivity index (χ1) is 11.0. The van der Waals surface area contributed by atoms with Crippen molar-refractivity contribution in [3.8, 4) is 0 Å². The van der Waals surface area contributed by atoms with E-state index in [0.717, 1.165) is 0 Å². The van der Waals surface area contributed by atoms with Crippen molar-refractivity contribution in [1.29, 1.82) is 0 Å². The Morgan fingerprint density at radius 2 is 1.78 bits per heavy atom. The summed E-state index contributed by atoms with van der Waals surface area (Å²) in [5.74, 6) is -0.0971. The number of rotatable bonds is 3. The molecule has 1 aromatic carbocycles. The number of nitrogens with zero attached hydrogens (tertiary/aromatic N) is 1. The number of hydrogen-bond acceptors (Lipinski definition) is 4. The van der Waals surface area contributed by atoms with Gasteiger partial charge in [-0.3, -0.25) is 14.4 Å². The lowest BCUT2D eigenvalue weighted by Crippen LogP contribution is -2.50. The molecule has 0 bridgehead atoms. The van der Waals surface area contributed by atoms with Crippen LogP contribution in [-0.2, 0) is 9.53 Å². The first-order valence-electron chi connectivity index (χ1n) is 7.38. The Morgan fingerprint density at radius 1 is 1.09 bits per heavy atom. The van der Waals surface area contributed by atoms with E-state index in [-0.39, 0.29) is 11.3 Å². The maximum absolute atomic E-state index is 12.8. The van der Waals surface area contributed by atoms with E-state index in [1.807, 2.05) is 6.07 Å². The van der Waals surface area contributed by atoms with Gasteiger partial charge in [0.25, 0.3) is 12.0 Å². The monoisotopic (exact) mass is 311 g/mol. The molecular weight excluding hydrogens is 294 g/mol. The summed E-state index contributed by atoms with van der Waals surface area (Å²) in [4.78, 5) is 36.1. The van der Waals surface area contributed by atoms with Gasteiger partial charge in [-0.15, -0.1) is 0 Å². The lowest BCUT2D eigenvalue weighted by molar-refractivity contribution is -0.140. The van der Waals surface area contributed by atoms with Crippen LogP contribution in [0.25, 0.3) is 0 Å². The molecule has 23 heavy (non-hydrogen) atoms. The Bertz CT molecular complexity index is 822. The highest BCUT2D eigenvalue weighted by atomic mass is 16.5. The van der Waals surface area contributed by atoms with E-state index in [4.69, 9.17) is 4.74 Å². The molecule has 3 rings (SSSR count). The van der Waals surface area contributed by atoms with Crippen LogP contribution in [0.2, 0.25) is 0 Å². The van der Waals surface area contributed by atoms with Gasteiger partial charge in [0.1, 0.15) is 12.1 Å². The SMILES string of the molecule is CC1(C)C(=O)c2ccccc2[C@H](n2ccccc2=O)[C@H]1OC=O. The van der Waals surface area contributed by atoms with E-state index in [1.54, 1.807) is 50.4 Å². The Morgan fingerprint density at radius 3 is 2.48 bits per heavy atom. The minimum absolute atomic E-state index is 0.0971. The standard InChI is InChI=1S/C18H17NO4/c1-18(2)16(22)13-8-4-3-7-12(13)15(17(18)23-11-20)19-10-6-5-9-14(19)21/h3-11,15,17H,1-2H3/t15-,17+/m0/s1. The third-order valence-electron chi connectivity index (χ3n) is 4.46. The maximum atomic E-state index is 12.8. The van der Waals surface area contributed by atoms with Crippen LogP contribution in [0.5, 0.6) is 0 Å². The normalized spacial score (nSPS) is 22.3. The van der Waals surface area contributed by atoms with Crippen LogP contribution in [0.3, 0.4) is 0 Å². The zero-order valence-corrected chi connectivity index (χ0v) is 12.9. The van der Waals surface area contributed by atoms with E-state index < -0.39 is 17.6 Å². The maximum Gasteiger partial charge on any atom is 0.293 e. The molecule has 0 N–H and O–H groups in total. The number of carbonyl (C=O) groups excluding carboxylic acids is 2. The molecule has 0 fully saturated rings. The molecule has 0 saturated heterocycles. The smallest absolute Gasteiger partial charge is 0.293 e. The molecule has 118 valence electrons. The molecule has 0 radical (unpaired) electrons. The number of ketones is 1. The average molecular weight is 311 g/mol. The summed E-state index contributed by atoms with van der Waals surface area (Å²) in [6.45, 7) is 3.81. The summed E-state index contributed by atoms with van der Waals surface area (Å²) in [6, 6.07) is 11.4. The van der Waals surface area contributed by atoms with Gasteiger partial charge in [0.05, 0.1) is 5.41 Å². The second-order valence-corrected chi connectivity index (χ2v) is 6.18. The second-order valence-electron chi connectivity index (χ2n) is 6.18. The molecule has 0 unspecified atom stereocenters. The van der Waals surface area contributed by atoms with Crippen LogP contribution in [0.1, 0.15) is 35.8 Å². The Hall–Kier alpha value is -2.69. The minimum Gasteiger partial charge on any atom is -0.461 e. The Balaban J connectivity index is 2.31. The fourth-order valence-corrected chi connectivity index (χ4v) is 3.27. The van der Waals surface area contributed by atoms with E-state index in [9.17, 15) is 14.4 Å². The lowest BCUT2D eigenvalue weighted by atomic mass is 9.68. The number of carbonyl (C=O) groups is 2. The van der Waals surface area contributed by atoms with Gasteiger partial charge in [-0.05, 0) is 25.5 Å². The quantitative estimate of drug-likeness (QED) is 0.815. The predicted octanol–water partition coefficient (Wildman–Crippen LogP) is 2.20. The van der Waals surface area contributed by atoms with Crippen molar-refractivity contribution in [3.63, 3.8) is 0 Å². The van der Waals surface area contributed by atoms with Crippen molar-refractivity contribution >= 4 is 12.3 Å². The summed E-state index contributed by atoms with van der Waals surface area (Å²) in [5, 5.41) is 0. The second kappa shape index (κ2) is 5.50. The average Bonchev–Trinajstić information content (AvgIpc) is 2.54. The molecule has 5 heteroatoms. The predicted molar refractivity (Wildman–Crippen MR) is 84.3 cm³/mol. The molecule has 0 amide bonds. The molecule has 2 atom stereocenters. The fourth-order valence-electron chi connectivity index (χ4n) is 3.27. The van der Waals surface area contributed by atoms with Crippen LogP contribution in [0.4, 0.5) is 0 Å².